The van der Waals surface area contributed by atoms with E-state index in [4.69, 9.17) is 32.7 Å². The molecule has 0 aliphatic rings. The van der Waals surface area contributed by atoms with Crippen molar-refractivity contribution in [2.75, 3.05) is 19.1 Å². The third kappa shape index (κ3) is 6.72. The van der Waals surface area contributed by atoms with Crippen LogP contribution >= 0.6 is 23.2 Å². The van der Waals surface area contributed by atoms with E-state index in [2.05, 4.69) is 4.74 Å². The van der Waals surface area contributed by atoms with Crippen LogP contribution in [-0.4, -0.2) is 36.0 Å². The first-order chi connectivity index (χ1) is 14.5. The molecule has 13 heteroatoms. The zero-order chi connectivity index (χ0) is 23.2. The normalized spacial score (nSPS) is 11.0. The maximum Gasteiger partial charge on any atom is 0.416 e. The third-order valence-corrected chi connectivity index (χ3v) is 4.07. The number of ether oxygens (including phenoxy) is 3. The highest BCUT2D eigenvalue weighted by molar-refractivity contribution is 6.32. The van der Waals surface area contributed by atoms with Gasteiger partial charge in [0.25, 0.3) is 5.69 Å². The molecule has 8 nitrogen and oxygen atoms in total. The SMILES string of the molecule is O=C(CCl)OCCOC(=O)c1cc(Oc2ccc(C(F)(F)F)cc2Cl)ccc1[N+](=O)[O-]. The predicted molar refractivity (Wildman–Crippen MR) is 102 cm³/mol. The van der Waals surface area contributed by atoms with Gasteiger partial charge in [-0.15, -0.1) is 11.6 Å². The van der Waals surface area contributed by atoms with Crippen molar-refractivity contribution in [2.24, 2.45) is 0 Å². The van der Waals surface area contributed by atoms with Gasteiger partial charge in [-0.2, -0.15) is 13.2 Å². The van der Waals surface area contributed by atoms with Crippen LogP contribution in [0.5, 0.6) is 11.5 Å². The highest BCUT2D eigenvalue weighted by Crippen LogP contribution is 2.37. The average molecular weight is 482 g/mol. The van der Waals surface area contributed by atoms with E-state index >= 15 is 0 Å². The van der Waals surface area contributed by atoms with E-state index in [0.717, 1.165) is 30.3 Å². The lowest BCUT2D eigenvalue weighted by molar-refractivity contribution is -0.385. The second kappa shape index (κ2) is 10.3. The Balaban J connectivity index is 2.20. The first-order valence-corrected chi connectivity index (χ1v) is 9.16. The molecule has 0 aromatic heterocycles. The van der Waals surface area contributed by atoms with Crippen molar-refractivity contribution in [3.63, 3.8) is 0 Å². The van der Waals surface area contributed by atoms with Gasteiger partial charge in [0, 0.05) is 12.1 Å². The monoisotopic (exact) mass is 481 g/mol. The van der Waals surface area contributed by atoms with Gasteiger partial charge >= 0.3 is 18.1 Å². The lowest BCUT2D eigenvalue weighted by Gasteiger charge is -2.12. The molecule has 0 aliphatic carbocycles. The molecule has 0 spiro atoms. The van der Waals surface area contributed by atoms with Crippen molar-refractivity contribution in [3.8, 4) is 11.5 Å². The minimum absolute atomic E-state index is 0.118. The first-order valence-electron chi connectivity index (χ1n) is 8.24. The molecule has 2 aromatic rings. The smallest absolute Gasteiger partial charge is 0.416 e. The van der Waals surface area contributed by atoms with E-state index < -0.39 is 52.3 Å². The van der Waals surface area contributed by atoms with Gasteiger partial charge in [0.2, 0.25) is 0 Å². The fourth-order valence-electron chi connectivity index (χ4n) is 2.19. The molecule has 166 valence electrons. The molecule has 0 radical (unpaired) electrons. The van der Waals surface area contributed by atoms with Crippen LogP contribution in [0.2, 0.25) is 5.02 Å². The summed E-state index contributed by atoms with van der Waals surface area (Å²) in [5.74, 6) is -2.54. The van der Waals surface area contributed by atoms with E-state index in [9.17, 15) is 32.9 Å². The Morgan fingerprint density at radius 1 is 1.06 bits per heavy atom. The van der Waals surface area contributed by atoms with Gasteiger partial charge in [-0.3, -0.25) is 14.9 Å². The summed E-state index contributed by atoms with van der Waals surface area (Å²) in [5.41, 5.74) is -2.09. The van der Waals surface area contributed by atoms with Gasteiger partial charge in [0.15, 0.2) is 0 Å². The maximum atomic E-state index is 12.7. The van der Waals surface area contributed by atoms with Crippen LogP contribution in [0.25, 0.3) is 0 Å². The fourth-order valence-corrected chi connectivity index (χ4v) is 2.49. The van der Waals surface area contributed by atoms with Gasteiger partial charge in [0.1, 0.15) is 36.2 Å². The Hall–Kier alpha value is -3.05. The Kier molecular flexibility index (Phi) is 8.06. The zero-order valence-corrected chi connectivity index (χ0v) is 16.8. The summed E-state index contributed by atoms with van der Waals surface area (Å²) in [5, 5.41) is 10.8. The molecular formula is C18H12Cl2F3NO7. The summed E-state index contributed by atoms with van der Waals surface area (Å²) in [6.07, 6.45) is -4.61. The number of alkyl halides is 4. The highest BCUT2D eigenvalue weighted by atomic mass is 35.5. The van der Waals surface area contributed by atoms with Crippen molar-refractivity contribution < 1.29 is 41.9 Å². The largest absolute Gasteiger partial charge is 0.461 e. The number of rotatable bonds is 8. The number of nitro groups is 1. The van der Waals surface area contributed by atoms with Crippen LogP contribution in [0.1, 0.15) is 15.9 Å². The lowest BCUT2D eigenvalue weighted by atomic mass is 10.1. The predicted octanol–water partition coefficient (Wildman–Crippen LogP) is 5.00. The molecule has 0 saturated carbocycles. The Bertz CT molecular complexity index is 999. The maximum absolute atomic E-state index is 12.7. The molecule has 0 heterocycles. The molecule has 0 aliphatic heterocycles. The molecule has 2 rings (SSSR count). The Morgan fingerprint density at radius 2 is 1.74 bits per heavy atom. The zero-order valence-electron chi connectivity index (χ0n) is 15.3. The van der Waals surface area contributed by atoms with Gasteiger partial charge in [-0.05, 0) is 24.3 Å². The van der Waals surface area contributed by atoms with Crippen LogP contribution in [0.3, 0.4) is 0 Å². The number of carbonyl (C=O) groups excluding carboxylic acids is 2. The van der Waals surface area contributed by atoms with Gasteiger partial charge in [-0.25, -0.2) is 4.79 Å². The van der Waals surface area contributed by atoms with Gasteiger partial charge in [-0.1, -0.05) is 11.6 Å². The molecule has 0 N–H and O–H groups in total. The van der Waals surface area contributed by atoms with Crippen LogP contribution < -0.4 is 4.74 Å². The molecule has 0 unspecified atom stereocenters. The van der Waals surface area contributed by atoms with Crippen LogP contribution in [0.15, 0.2) is 36.4 Å². The summed E-state index contributed by atoms with van der Waals surface area (Å²) >= 11 is 11.1. The summed E-state index contributed by atoms with van der Waals surface area (Å²) in [6.45, 7) is -0.711. The number of nitrogens with zero attached hydrogens (tertiary/aromatic N) is 1. The average Bonchev–Trinajstić information content (AvgIpc) is 2.71. The third-order valence-electron chi connectivity index (χ3n) is 3.56. The van der Waals surface area contributed by atoms with Crippen LogP contribution in [0, 0.1) is 10.1 Å². The summed E-state index contributed by atoms with van der Waals surface area (Å²) < 4.78 is 53.0. The molecule has 0 fully saturated rings. The quantitative estimate of drug-likeness (QED) is 0.172. The number of benzene rings is 2. The second-order valence-electron chi connectivity index (χ2n) is 5.67. The van der Waals surface area contributed by atoms with Crippen molar-refractivity contribution in [1.82, 2.24) is 0 Å². The number of esters is 2. The molecule has 31 heavy (non-hydrogen) atoms. The lowest BCUT2D eigenvalue weighted by Crippen LogP contribution is -2.15. The summed E-state index contributed by atoms with van der Waals surface area (Å²) in [4.78, 5) is 33.5. The van der Waals surface area contributed by atoms with Crippen molar-refractivity contribution in [2.45, 2.75) is 6.18 Å². The summed E-state index contributed by atoms with van der Waals surface area (Å²) in [7, 11) is 0. The Labute approximate surface area is 182 Å². The van der Waals surface area contributed by atoms with Crippen molar-refractivity contribution in [3.05, 3.63) is 62.7 Å². The number of nitro benzene ring substituents is 1. The van der Waals surface area contributed by atoms with Gasteiger partial charge < -0.3 is 14.2 Å². The van der Waals surface area contributed by atoms with Crippen molar-refractivity contribution in [1.29, 1.82) is 0 Å². The number of hydrogen-bond acceptors (Lipinski definition) is 7. The van der Waals surface area contributed by atoms with E-state index in [1.165, 1.54) is 0 Å². The van der Waals surface area contributed by atoms with Crippen LogP contribution in [-0.2, 0) is 20.4 Å². The standard InChI is InChI=1S/C18H12Cl2F3NO7/c19-9-16(25)29-5-6-30-17(26)12-8-11(2-3-14(12)24(27)28)31-15-4-1-10(7-13(15)20)18(21,22)23/h1-4,7-8H,5-6,9H2. The minimum Gasteiger partial charge on any atom is -0.461 e. The van der Waals surface area contributed by atoms with Crippen molar-refractivity contribution >= 4 is 40.8 Å². The number of hydrogen-bond donors (Lipinski definition) is 0. The molecule has 0 amide bonds. The highest BCUT2D eigenvalue weighted by Gasteiger charge is 2.31. The molecular weight excluding hydrogens is 470 g/mol. The van der Waals surface area contributed by atoms with E-state index in [-0.39, 0.29) is 23.1 Å². The molecule has 2 aromatic carbocycles. The van der Waals surface area contributed by atoms with E-state index in [0.29, 0.717) is 6.07 Å². The van der Waals surface area contributed by atoms with Gasteiger partial charge in [0.05, 0.1) is 15.5 Å². The topological polar surface area (TPSA) is 105 Å². The first kappa shape index (κ1) is 24.2. The second-order valence-corrected chi connectivity index (χ2v) is 6.35. The minimum atomic E-state index is -4.61. The summed E-state index contributed by atoms with van der Waals surface area (Å²) in [6, 6.07) is 5.42. The fraction of sp³-hybridized carbons (Fsp3) is 0.222. The number of halogens is 5. The molecule has 0 atom stereocenters. The molecule has 0 bridgehead atoms. The number of carbonyl (C=O) groups is 2. The van der Waals surface area contributed by atoms with E-state index in [1.54, 1.807) is 0 Å². The van der Waals surface area contributed by atoms with E-state index in [1.807, 2.05) is 0 Å². The van der Waals surface area contributed by atoms with Crippen LogP contribution in [0.4, 0.5) is 18.9 Å². The Morgan fingerprint density at radius 3 is 2.32 bits per heavy atom. The molecule has 0 saturated heterocycles.